The first-order valence-corrected chi connectivity index (χ1v) is 10.5. The van der Waals surface area contributed by atoms with Gasteiger partial charge in [-0.1, -0.05) is 36.4 Å². The molecule has 0 aliphatic carbocycles. The Labute approximate surface area is 182 Å². The van der Waals surface area contributed by atoms with Crippen molar-refractivity contribution in [3.63, 3.8) is 0 Å². The van der Waals surface area contributed by atoms with E-state index in [1.54, 1.807) is 35.2 Å². The number of methoxy groups -OCH3 is 1. The molecule has 1 fully saturated rings. The number of carboxylic acids is 1. The molecule has 2 amide bonds. The van der Waals surface area contributed by atoms with Gasteiger partial charge in [-0.15, -0.1) is 0 Å². The summed E-state index contributed by atoms with van der Waals surface area (Å²) in [7, 11) is 1.54. The number of hydrogen-bond donors (Lipinski definition) is 2. The van der Waals surface area contributed by atoms with Crippen LogP contribution >= 0.6 is 0 Å². The van der Waals surface area contributed by atoms with Crippen LogP contribution in [-0.2, 0) is 16.0 Å². The normalized spacial score (nSPS) is 16.9. The molecular formula is C24H28N2O5. The summed E-state index contributed by atoms with van der Waals surface area (Å²) < 4.78 is 5.30. The summed E-state index contributed by atoms with van der Waals surface area (Å²) in [5.41, 5.74) is 1.31. The SMILES string of the molecule is COc1ccccc1C[C@@H](CNC(=O)[C@@H]1CCCCN1C(=O)c1ccccc1)C(=O)O. The Hall–Kier alpha value is -3.35. The lowest BCUT2D eigenvalue weighted by atomic mass is 9.97. The maximum Gasteiger partial charge on any atom is 0.308 e. The molecule has 1 saturated heterocycles. The zero-order chi connectivity index (χ0) is 22.2. The molecule has 3 rings (SSSR count). The number of carbonyl (C=O) groups is 3. The summed E-state index contributed by atoms with van der Waals surface area (Å²) in [4.78, 5) is 39.2. The second-order valence-corrected chi connectivity index (χ2v) is 7.67. The molecule has 1 aliphatic heterocycles. The third kappa shape index (κ3) is 5.63. The lowest BCUT2D eigenvalue weighted by Gasteiger charge is -2.35. The lowest BCUT2D eigenvalue weighted by molar-refractivity contribution is -0.141. The first-order chi connectivity index (χ1) is 15.0. The molecule has 7 heteroatoms. The molecule has 0 unspecified atom stereocenters. The third-order valence-electron chi connectivity index (χ3n) is 5.62. The van der Waals surface area contributed by atoms with Gasteiger partial charge in [0, 0.05) is 18.7 Å². The number of amides is 2. The molecule has 31 heavy (non-hydrogen) atoms. The number of carboxylic acid groups (broad SMARTS) is 1. The highest BCUT2D eigenvalue weighted by Gasteiger charge is 2.33. The minimum Gasteiger partial charge on any atom is -0.496 e. The van der Waals surface area contributed by atoms with E-state index in [-0.39, 0.29) is 24.8 Å². The van der Waals surface area contributed by atoms with Crippen molar-refractivity contribution in [2.24, 2.45) is 5.92 Å². The number of nitrogens with one attached hydrogen (secondary N) is 1. The van der Waals surface area contributed by atoms with Gasteiger partial charge in [-0.2, -0.15) is 0 Å². The van der Waals surface area contributed by atoms with Crippen LogP contribution in [0, 0.1) is 5.92 Å². The molecule has 2 aromatic rings. The first-order valence-electron chi connectivity index (χ1n) is 10.5. The fourth-order valence-corrected chi connectivity index (χ4v) is 3.92. The number of nitrogens with zero attached hydrogens (tertiary/aromatic N) is 1. The smallest absolute Gasteiger partial charge is 0.308 e. The minimum absolute atomic E-state index is 0.0178. The van der Waals surface area contributed by atoms with Crippen LogP contribution in [0.25, 0.3) is 0 Å². The molecule has 1 aliphatic rings. The van der Waals surface area contributed by atoms with Crippen LogP contribution < -0.4 is 10.1 Å². The summed E-state index contributed by atoms with van der Waals surface area (Å²) >= 11 is 0. The second-order valence-electron chi connectivity index (χ2n) is 7.67. The molecule has 7 nitrogen and oxygen atoms in total. The molecule has 2 aromatic carbocycles. The second kappa shape index (κ2) is 10.6. The Morgan fingerprint density at radius 2 is 1.81 bits per heavy atom. The number of benzene rings is 2. The Balaban J connectivity index is 1.66. The topological polar surface area (TPSA) is 95.9 Å². The van der Waals surface area contributed by atoms with E-state index in [1.165, 1.54) is 7.11 Å². The maximum absolute atomic E-state index is 12.9. The van der Waals surface area contributed by atoms with E-state index in [2.05, 4.69) is 5.32 Å². The molecule has 0 radical (unpaired) electrons. The van der Waals surface area contributed by atoms with E-state index in [0.29, 0.717) is 24.3 Å². The van der Waals surface area contributed by atoms with Crippen LogP contribution in [0.1, 0.15) is 35.2 Å². The quantitative estimate of drug-likeness (QED) is 0.679. The number of carbonyl (C=O) groups excluding carboxylic acids is 2. The Morgan fingerprint density at radius 1 is 1.10 bits per heavy atom. The summed E-state index contributed by atoms with van der Waals surface area (Å²) in [5.74, 6) is -1.67. The number of aliphatic carboxylic acids is 1. The van der Waals surface area contributed by atoms with Crippen LogP contribution in [0.2, 0.25) is 0 Å². The van der Waals surface area contributed by atoms with Crippen LogP contribution in [0.5, 0.6) is 5.75 Å². The number of ether oxygens (including phenoxy) is 1. The Morgan fingerprint density at radius 3 is 2.52 bits per heavy atom. The van der Waals surface area contributed by atoms with Crippen LogP contribution in [-0.4, -0.2) is 54.0 Å². The highest BCUT2D eigenvalue weighted by atomic mass is 16.5. The summed E-state index contributed by atoms with van der Waals surface area (Å²) in [6.07, 6.45) is 2.49. The van der Waals surface area contributed by atoms with Crippen molar-refractivity contribution in [3.8, 4) is 5.75 Å². The Kier molecular flexibility index (Phi) is 7.65. The van der Waals surface area contributed by atoms with E-state index in [4.69, 9.17) is 4.74 Å². The standard InChI is InChI=1S/C24H28N2O5/c1-31-21-13-6-5-11-18(21)15-19(24(29)30)16-25-22(27)20-12-7-8-14-26(20)23(28)17-9-3-2-4-10-17/h2-6,9-11,13,19-20H,7-8,12,14-16H2,1H3,(H,25,27)(H,29,30)/t19-,20-/m0/s1. The largest absolute Gasteiger partial charge is 0.496 e. The minimum atomic E-state index is -0.993. The molecule has 0 spiro atoms. The van der Waals surface area contributed by atoms with Gasteiger partial charge in [-0.3, -0.25) is 14.4 Å². The molecule has 2 N–H and O–H groups in total. The summed E-state index contributed by atoms with van der Waals surface area (Å²) in [6, 6.07) is 15.5. The number of rotatable bonds is 8. The van der Waals surface area contributed by atoms with Gasteiger partial charge in [-0.25, -0.2) is 0 Å². The van der Waals surface area contributed by atoms with Crippen LogP contribution in [0.3, 0.4) is 0 Å². The number of piperidine rings is 1. The van der Waals surface area contributed by atoms with Gasteiger partial charge in [0.1, 0.15) is 11.8 Å². The van der Waals surface area contributed by atoms with Gasteiger partial charge in [0.05, 0.1) is 13.0 Å². The monoisotopic (exact) mass is 424 g/mol. The average molecular weight is 424 g/mol. The van der Waals surface area contributed by atoms with E-state index >= 15 is 0 Å². The molecule has 0 bridgehead atoms. The molecule has 1 heterocycles. The number of likely N-dealkylation sites (tertiary alicyclic amines) is 1. The van der Waals surface area contributed by atoms with Crippen LogP contribution in [0.15, 0.2) is 54.6 Å². The van der Waals surface area contributed by atoms with Crippen LogP contribution in [0.4, 0.5) is 0 Å². The molecule has 0 aromatic heterocycles. The van der Waals surface area contributed by atoms with Gasteiger partial charge in [0.15, 0.2) is 0 Å². The zero-order valence-corrected chi connectivity index (χ0v) is 17.6. The lowest BCUT2D eigenvalue weighted by Crippen LogP contribution is -2.52. The van der Waals surface area contributed by atoms with Crippen molar-refractivity contribution in [3.05, 3.63) is 65.7 Å². The predicted octanol–water partition coefficient (Wildman–Crippen LogP) is 2.75. The van der Waals surface area contributed by atoms with E-state index < -0.39 is 17.9 Å². The fourth-order valence-electron chi connectivity index (χ4n) is 3.92. The molecule has 164 valence electrons. The van der Waals surface area contributed by atoms with Crippen molar-refractivity contribution >= 4 is 17.8 Å². The number of hydrogen-bond acceptors (Lipinski definition) is 4. The van der Waals surface area contributed by atoms with Crippen molar-refractivity contribution in [2.75, 3.05) is 20.2 Å². The van der Waals surface area contributed by atoms with Gasteiger partial charge in [0.2, 0.25) is 5.91 Å². The van der Waals surface area contributed by atoms with Crippen molar-refractivity contribution in [1.29, 1.82) is 0 Å². The van der Waals surface area contributed by atoms with Crippen molar-refractivity contribution in [1.82, 2.24) is 10.2 Å². The Bertz CT molecular complexity index is 915. The van der Waals surface area contributed by atoms with E-state index in [9.17, 15) is 19.5 Å². The van der Waals surface area contributed by atoms with Gasteiger partial charge >= 0.3 is 5.97 Å². The third-order valence-corrected chi connectivity index (χ3v) is 5.62. The first kappa shape index (κ1) is 22.3. The summed E-state index contributed by atoms with van der Waals surface area (Å²) in [5, 5.41) is 12.4. The zero-order valence-electron chi connectivity index (χ0n) is 17.6. The highest BCUT2D eigenvalue weighted by Crippen LogP contribution is 2.22. The molecule has 0 saturated carbocycles. The highest BCUT2D eigenvalue weighted by molar-refractivity contribution is 5.97. The van der Waals surface area contributed by atoms with Crippen molar-refractivity contribution in [2.45, 2.75) is 31.7 Å². The molecular weight excluding hydrogens is 396 g/mol. The van der Waals surface area contributed by atoms with Gasteiger partial charge < -0.3 is 20.1 Å². The molecule has 2 atom stereocenters. The average Bonchev–Trinajstić information content (AvgIpc) is 2.81. The van der Waals surface area contributed by atoms with E-state index in [0.717, 1.165) is 18.4 Å². The summed E-state index contributed by atoms with van der Waals surface area (Å²) in [6.45, 7) is 0.492. The number of para-hydroxylation sites is 1. The fraction of sp³-hybridized carbons (Fsp3) is 0.375. The van der Waals surface area contributed by atoms with Gasteiger partial charge in [0.25, 0.3) is 5.91 Å². The van der Waals surface area contributed by atoms with E-state index in [1.807, 2.05) is 24.3 Å². The maximum atomic E-state index is 12.9. The van der Waals surface area contributed by atoms with Gasteiger partial charge in [-0.05, 0) is 49.4 Å². The predicted molar refractivity (Wildman–Crippen MR) is 116 cm³/mol. The van der Waals surface area contributed by atoms with Crippen molar-refractivity contribution < 1.29 is 24.2 Å².